The van der Waals surface area contributed by atoms with Crippen LogP contribution in [0, 0.1) is 0 Å². The fourth-order valence-corrected chi connectivity index (χ4v) is 1.86. The van der Waals surface area contributed by atoms with Crippen LogP contribution in [0.25, 0.3) is 11.5 Å². The molecule has 0 bridgehead atoms. The predicted molar refractivity (Wildman–Crippen MR) is 73.3 cm³/mol. The third kappa shape index (κ3) is 2.99. The van der Waals surface area contributed by atoms with Crippen molar-refractivity contribution < 1.29 is 4.42 Å². The Bertz CT molecular complexity index is 503. The molecule has 3 nitrogen and oxygen atoms in total. The van der Waals surface area contributed by atoms with Crippen molar-refractivity contribution in [2.24, 2.45) is 0 Å². The van der Waals surface area contributed by atoms with Gasteiger partial charge in [-0.05, 0) is 18.1 Å². The predicted octanol–water partition coefficient (Wildman–Crippen LogP) is 3.40. The molecule has 0 aliphatic carbocycles. The second-order valence-electron chi connectivity index (χ2n) is 4.69. The number of nitrogens with one attached hydrogen (secondary N) is 1. The van der Waals surface area contributed by atoms with Crippen LogP contribution in [0.3, 0.4) is 0 Å². The van der Waals surface area contributed by atoms with Crippen molar-refractivity contribution in [3.63, 3.8) is 0 Å². The van der Waals surface area contributed by atoms with Crippen molar-refractivity contribution in [1.29, 1.82) is 0 Å². The van der Waals surface area contributed by atoms with E-state index in [4.69, 9.17) is 4.42 Å². The number of aromatic nitrogens is 1. The first-order valence-corrected chi connectivity index (χ1v) is 6.46. The SMILES string of the molecule is CCc1ccccc1-c1nc(CNC(C)C)co1. The van der Waals surface area contributed by atoms with Crippen molar-refractivity contribution >= 4 is 0 Å². The summed E-state index contributed by atoms with van der Waals surface area (Å²) in [6, 6.07) is 8.70. The normalized spacial score (nSPS) is 11.1. The Hall–Kier alpha value is -1.61. The average Bonchev–Trinajstić information content (AvgIpc) is 2.85. The van der Waals surface area contributed by atoms with Crippen molar-refractivity contribution in [3.05, 3.63) is 41.8 Å². The van der Waals surface area contributed by atoms with Crippen LogP contribution >= 0.6 is 0 Å². The third-order valence-corrected chi connectivity index (χ3v) is 2.87. The van der Waals surface area contributed by atoms with Crippen molar-refractivity contribution in [3.8, 4) is 11.5 Å². The van der Waals surface area contributed by atoms with E-state index in [9.17, 15) is 0 Å². The van der Waals surface area contributed by atoms with Gasteiger partial charge in [0.05, 0.1) is 5.69 Å². The van der Waals surface area contributed by atoms with E-state index in [1.807, 2.05) is 12.1 Å². The molecule has 2 rings (SSSR count). The van der Waals surface area contributed by atoms with Crippen LogP contribution in [-0.2, 0) is 13.0 Å². The van der Waals surface area contributed by atoms with Crippen LogP contribution in [0.15, 0.2) is 34.9 Å². The zero-order chi connectivity index (χ0) is 13.0. The molecule has 1 heterocycles. The monoisotopic (exact) mass is 244 g/mol. The van der Waals surface area contributed by atoms with Crippen LogP contribution < -0.4 is 5.32 Å². The minimum absolute atomic E-state index is 0.452. The molecule has 18 heavy (non-hydrogen) atoms. The Balaban J connectivity index is 2.18. The lowest BCUT2D eigenvalue weighted by molar-refractivity contribution is 0.559. The lowest BCUT2D eigenvalue weighted by Crippen LogP contribution is -2.21. The van der Waals surface area contributed by atoms with Gasteiger partial charge in [-0.2, -0.15) is 0 Å². The Labute approximate surface area is 108 Å². The van der Waals surface area contributed by atoms with Gasteiger partial charge in [-0.3, -0.25) is 0 Å². The zero-order valence-electron chi connectivity index (χ0n) is 11.2. The van der Waals surface area contributed by atoms with E-state index in [-0.39, 0.29) is 0 Å². The largest absolute Gasteiger partial charge is 0.444 e. The number of oxazole rings is 1. The molecule has 1 N–H and O–H groups in total. The molecule has 3 heteroatoms. The van der Waals surface area contributed by atoms with E-state index in [0.717, 1.165) is 24.2 Å². The Morgan fingerprint density at radius 1 is 1.28 bits per heavy atom. The van der Waals surface area contributed by atoms with E-state index in [1.165, 1.54) is 5.56 Å². The molecular formula is C15H20N2O. The van der Waals surface area contributed by atoms with E-state index >= 15 is 0 Å². The molecule has 0 aliphatic heterocycles. The Morgan fingerprint density at radius 2 is 2.06 bits per heavy atom. The van der Waals surface area contributed by atoms with E-state index in [1.54, 1.807) is 6.26 Å². The molecule has 0 spiro atoms. The molecule has 1 aromatic heterocycles. The maximum absolute atomic E-state index is 5.57. The second-order valence-corrected chi connectivity index (χ2v) is 4.69. The van der Waals surface area contributed by atoms with Crippen LogP contribution in [0.2, 0.25) is 0 Å². The number of hydrogen-bond donors (Lipinski definition) is 1. The molecule has 0 saturated carbocycles. The summed E-state index contributed by atoms with van der Waals surface area (Å²) in [5.41, 5.74) is 3.31. The standard InChI is InChI=1S/C15H20N2O/c1-4-12-7-5-6-8-14(12)15-17-13(10-18-15)9-16-11(2)3/h5-8,10-11,16H,4,9H2,1-3H3. The second kappa shape index (κ2) is 5.83. The van der Waals surface area contributed by atoms with Crippen molar-refractivity contribution in [2.75, 3.05) is 0 Å². The van der Waals surface area contributed by atoms with Crippen LogP contribution in [0.5, 0.6) is 0 Å². The van der Waals surface area contributed by atoms with Gasteiger partial charge in [0.1, 0.15) is 6.26 Å². The quantitative estimate of drug-likeness (QED) is 0.876. The Kier molecular flexibility index (Phi) is 4.15. The molecule has 0 unspecified atom stereocenters. The zero-order valence-corrected chi connectivity index (χ0v) is 11.2. The summed E-state index contributed by atoms with van der Waals surface area (Å²) in [7, 11) is 0. The highest BCUT2D eigenvalue weighted by molar-refractivity contribution is 5.58. The first-order chi connectivity index (χ1) is 8.70. The van der Waals surface area contributed by atoms with E-state index in [2.05, 4.69) is 43.2 Å². The maximum atomic E-state index is 5.57. The van der Waals surface area contributed by atoms with Crippen molar-refractivity contribution in [2.45, 2.75) is 39.8 Å². The number of aryl methyl sites for hydroxylation is 1. The summed E-state index contributed by atoms with van der Waals surface area (Å²) < 4.78 is 5.57. The molecular weight excluding hydrogens is 224 g/mol. The average molecular weight is 244 g/mol. The van der Waals surface area contributed by atoms with Crippen molar-refractivity contribution in [1.82, 2.24) is 10.3 Å². The van der Waals surface area contributed by atoms with Gasteiger partial charge in [0.15, 0.2) is 0 Å². The number of benzene rings is 1. The first kappa shape index (κ1) is 12.8. The highest BCUT2D eigenvalue weighted by Crippen LogP contribution is 2.23. The van der Waals surface area contributed by atoms with Crippen LogP contribution in [-0.4, -0.2) is 11.0 Å². The van der Waals surface area contributed by atoms with E-state index < -0.39 is 0 Å². The molecule has 2 aromatic rings. The van der Waals surface area contributed by atoms with Gasteiger partial charge in [-0.25, -0.2) is 4.98 Å². The highest BCUT2D eigenvalue weighted by Gasteiger charge is 2.09. The third-order valence-electron chi connectivity index (χ3n) is 2.87. The summed E-state index contributed by atoms with van der Waals surface area (Å²) in [4.78, 5) is 4.53. The summed E-state index contributed by atoms with van der Waals surface area (Å²) in [5, 5.41) is 3.33. The molecule has 0 atom stereocenters. The summed E-state index contributed by atoms with van der Waals surface area (Å²) in [6.45, 7) is 7.12. The molecule has 0 saturated heterocycles. The minimum atomic E-state index is 0.452. The molecule has 0 radical (unpaired) electrons. The van der Waals surface area contributed by atoms with Gasteiger partial charge in [0.25, 0.3) is 0 Å². The minimum Gasteiger partial charge on any atom is -0.444 e. The molecule has 0 amide bonds. The van der Waals surface area contributed by atoms with Crippen LogP contribution in [0.1, 0.15) is 32.0 Å². The first-order valence-electron chi connectivity index (χ1n) is 6.46. The lowest BCUT2D eigenvalue weighted by atomic mass is 10.1. The maximum Gasteiger partial charge on any atom is 0.226 e. The summed E-state index contributed by atoms with van der Waals surface area (Å²) in [5.74, 6) is 0.716. The fourth-order valence-electron chi connectivity index (χ4n) is 1.86. The van der Waals surface area contributed by atoms with Gasteiger partial charge in [-0.1, -0.05) is 39.0 Å². The molecule has 0 fully saturated rings. The number of nitrogens with zero attached hydrogens (tertiary/aromatic N) is 1. The van der Waals surface area contributed by atoms with Gasteiger partial charge in [0, 0.05) is 18.2 Å². The van der Waals surface area contributed by atoms with E-state index in [0.29, 0.717) is 11.9 Å². The Morgan fingerprint density at radius 3 is 2.78 bits per heavy atom. The summed E-state index contributed by atoms with van der Waals surface area (Å²) in [6.07, 6.45) is 2.72. The van der Waals surface area contributed by atoms with Gasteiger partial charge in [-0.15, -0.1) is 0 Å². The fraction of sp³-hybridized carbons (Fsp3) is 0.400. The lowest BCUT2D eigenvalue weighted by Gasteiger charge is -2.04. The number of hydrogen-bond acceptors (Lipinski definition) is 3. The molecule has 96 valence electrons. The van der Waals surface area contributed by atoms with Crippen LogP contribution in [0.4, 0.5) is 0 Å². The van der Waals surface area contributed by atoms with Gasteiger partial charge in [0.2, 0.25) is 5.89 Å². The highest BCUT2D eigenvalue weighted by atomic mass is 16.3. The molecule has 0 aliphatic rings. The molecule has 1 aromatic carbocycles. The topological polar surface area (TPSA) is 38.1 Å². The number of rotatable bonds is 5. The smallest absolute Gasteiger partial charge is 0.226 e. The van der Waals surface area contributed by atoms with Gasteiger partial charge >= 0.3 is 0 Å². The summed E-state index contributed by atoms with van der Waals surface area (Å²) >= 11 is 0. The van der Waals surface area contributed by atoms with Gasteiger partial charge < -0.3 is 9.73 Å².